The molecule has 0 bridgehead atoms. The van der Waals surface area contributed by atoms with Crippen molar-refractivity contribution in [3.8, 4) is 6.07 Å². The molecule has 5 nitrogen and oxygen atoms in total. The minimum Gasteiger partial charge on any atom is -0.462 e. The van der Waals surface area contributed by atoms with Gasteiger partial charge in [0, 0.05) is 5.69 Å². The van der Waals surface area contributed by atoms with Crippen molar-refractivity contribution in [2.24, 2.45) is 0 Å². The van der Waals surface area contributed by atoms with Crippen LogP contribution in [0.3, 0.4) is 0 Å². The average molecular weight is 325 g/mol. The van der Waals surface area contributed by atoms with Crippen molar-refractivity contribution >= 4 is 24.2 Å². The number of carbonyl (C=O) groups is 1. The first-order chi connectivity index (χ1) is 11.0. The fourth-order valence-corrected chi connectivity index (χ4v) is 2.86. The van der Waals surface area contributed by atoms with E-state index in [1.807, 2.05) is 50.2 Å². The molecule has 0 saturated heterocycles. The molecule has 0 fully saturated rings. The van der Waals surface area contributed by atoms with Crippen LogP contribution in [0.4, 0.5) is 5.69 Å². The van der Waals surface area contributed by atoms with Crippen LogP contribution in [0.15, 0.2) is 51.4 Å². The maximum absolute atomic E-state index is 12.1. The predicted octanol–water partition coefficient (Wildman–Crippen LogP) is 3.20. The molecule has 0 saturated carbocycles. The van der Waals surface area contributed by atoms with Crippen molar-refractivity contribution in [2.45, 2.75) is 20.0 Å². The van der Waals surface area contributed by atoms with E-state index >= 15 is 0 Å². The van der Waals surface area contributed by atoms with Crippen molar-refractivity contribution in [3.05, 3.63) is 64.1 Å². The van der Waals surface area contributed by atoms with Crippen LogP contribution >= 0.6 is 12.6 Å². The molecule has 2 heterocycles. The van der Waals surface area contributed by atoms with Gasteiger partial charge in [-0.25, -0.2) is 0 Å². The first-order valence-electron chi connectivity index (χ1n) is 7.07. The van der Waals surface area contributed by atoms with Crippen molar-refractivity contribution in [1.29, 1.82) is 5.26 Å². The zero-order valence-corrected chi connectivity index (χ0v) is 13.6. The van der Waals surface area contributed by atoms with Crippen molar-refractivity contribution in [3.63, 3.8) is 0 Å². The smallest absolute Gasteiger partial charge is 0.266 e. The summed E-state index contributed by atoms with van der Waals surface area (Å²) in [6.45, 7) is 3.83. The number of nitrogens with one attached hydrogen (secondary N) is 1. The maximum atomic E-state index is 12.1. The summed E-state index contributed by atoms with van der Waals surface area (Å²) < 4.78 is 5.67. The van der Waals surface area contributed by atoms with Crippen LogP contribution in [-0.2, 0) is 4.79 Å². The lowest BCUT2D eigenvalue weighted by atomic mass is 10.1. The lowest BCUT2D eigenvalue weighted by Gasteiger charge is -2.36. The van der Waals surface area contributed by atoms with Crippen LogP contribution in [0.1, 0.15) is 23.2 Å². The molecule has 23 heavy (non-hydrogen) atoms. The van der Waals surface area contributed by atoms with Gasteiger partial charge < -0.3 is 14.6 Å². The van der Waals surface area contributed by atoms with E-state index in [1.54, 1.807) is 11.0 Å². The van der Waals surface area contributed by atoms with Crippen LogP contribution in [0.2, 0.25) is 0 Å². The van der Waals surface area contributed by atoms with Gasteiger partial charge in [0.25, 0.3) is 5.91 Å². The van der Waals surface area contributed by atoms with E-state index in [1.165, 1.54) is 0 Å². The third-order valence-corrected chi connectivity index (χ3v) is 4.10. The van der Waals surface area contributed by atoms with Crippen molar-refractivity contribution in [2.75, 3.05) is 4.90 Å². The second kappa shape index (κ2) is 5.86. The van der Waals surface area contributed by atoms with E-state index in [-0.39, 0.29) is 5.57 Å². The molecule has 1 unspecified atom stereocenters. The molecule has 1 atom stereocenters. The summed E-state index contributed by atoms with van der Waals surface area (Å²) in [4.78, 5) is 13.9. The average Bonchev–Trinajstić information content (AvgIpc) is 2.95. The summed E-state index contributed by atoms with van der Waals surface area (Å²) in [5, 5.41) is 12.3. The van der Waals surface area contributed by atoms with Gasteiger partial charge in [-0.1, -0.05) is 17.7 Å². The molecular weight excluding hydrogens is 310 g/mol. The maximum Gasteiger partial charge on any atom is 0.266 e. The van der Waals surface area contributed by atoms with Gasteiger partial charge >= 0.3 is 0 Å². The number of furan rings is 1. The minimum absolute atomic E-state index is 0.0200. The Morgan fingerprint density at radius 1 is 1.22 bits per heavy atom. The molecule has 1 N–H and O–H groups in total. The summed E-state index contributed by atoms with van der Waals surface area (Å²) in [5.41, 5.74) is 1.91. The minimum atomic E-state index is -0.552. The molecule has 0 spiro atoms. The fraction of sp³-hybridized carbons (Fsp3) is 0.176. The van der Waals surface area contributed by atoms with Crippen LogP contribution in [-0.4, -0.2) is 5.91 Å². The van der Waals surface area contributed by atoms with Crippen LogP contribution in [0.25, 0.3) is 0 Å². The number of benzene rings is 1. The Hall–Kier alpha value is -2.65. The third-order valence-electron chi connectivity index (χ3n) is 3.66. The summed E-state index contributed by atoms with van der Waals surface area (Å²) in [6, 6.07) is 13.3. The van der Waals surface area contributed by atoms with Gasteiger partial charge in [-0.05, 0) is 38.1 Å². The Kier molecular flexibility index (Phi) is 3.89. The van der Waals surface area contributed by atoms with E-state index in [9.17, 15) is 10.1 Å². The molecule has 0 radical (unpaired) electrons. The lowest BCUT2D eigenvalue weighted by Crippen LogP contribution is -2.45. The van der Waals surface area contributed by atoms with Crippen molar-refractivity contribution < 1.29 is 9.21 Å². The lowest BCUT2D eigenvalue weighted by molar-refractivity contribution is -0.118. The van der Waals surface area contributed by atoms with Crippen LogP contribution in [0.5, 0.6) is 0 Å². The standard InChI is InChI=1S/C17H15N3O2S/c1-10-3-6-12(7-4-10)20-15(14-8-5-11(2)22-14)19-16(21)13(9-18)17(20)23/h3-8,15,23H,1-2H3,(H,19,21). The largest absolute Gasteiger partial charge is 0.462 e. The second-order valence-electron chi connectivity index (χ2n) is 5.34. The van der Waals surface area contributed by atoms with E-state index in [0.717, 1.165) is 17.0 Å². The number of nitriles is 1. The SMILES string of the molecule is Cc1ccc(N2C(S)=C(C#N)C(=O)NC2c2ccc(C)o2)cc1. The summed E-state index contributed by atoms with van der Waals surface area (Å²) in [7, 11) is 0. The molecule has 2 aromatic rings. The highest BCUT2D eigenvalue weighted by Gasteiger charge is 2.35. The number of aryl methyl sites for hydroxylation is 2. The highest BCUT2D eigenvalue weighted by Crippen LogP contribution is 2.36. The fourth-order valence-electron chi connectivity index (χ4n) is 2.48. The van der Waals surface area contributed by atoms with E-state index < -0.39 is 12.1 Å². The molecule has 3 rings (SSSR count). The Morgan fingerprint density at radius 3 is 2.48 bits per heavy atom. The third kappa shape index (κ3) is 2.71. The molecule has 1 aromatic heterocycles. The monoisotopic (exact) mass is 325 g/mol. The highest BCUT2D eigenvalue weighted by molar-refractivity contribution is 7.84. The van der Waals surface area contributed by atoms with Crippen LogP contribution < -0.4 is 10.2 Å². The van der Waals surface area contributed by atoms with E-state index in [2.05, 4.69) is 17.9 Å². The van der Waals surface area contributed by atoms with Crippen LogP contribution in [0, 0.1) is 25.2 Å². The molecule has 0 aliphatic carbocycles. The number of carbonyl (C=O) groups excluding carboxylic acids is 1. The van der Waals surface area contributed by atoms with E-state index in [0.29, 0.717) is 10.8 Å². The molecule has 1 aliphatic heterocycles. The van der Waals surface area contributed by atoms with Gasteiger partial charge in [0.1, 0.15) is 23.2 Å². The highest BCUT2D eigenvalue weighted by atomic mass is 32.1. The number of amides is 1. The summed E-state index contributed by atoms with van der Waals surface area (Å²) in [5.74, 6) is 0.869. The topological polar surface area (TPSA) is 69.3 Å². The number of anilines is 1. The number of thiol groups is 1. The van der Waals surface area contributed by atoms with Crippen molar-refractivity contribution in [1.82, 2.24) is 5.32 Å². The molecule has 6 heteroatoms. The first-order valence-corrected chi connectivity index (χ1v) is 7.52. The quantitative estimate of drug-likeness (QED) is 0.832. The van der Waals surface area contributed by atoms with Gasteiger partial charge in [0.15, 0.2) is 6.17 Å². The molecular formula is C17H15N3O2S. The Balaban J connectivity index is 2.14. The zero-order valence-electron chi connectivity index (χ0n) is 12.7. The molecule has 1 aliphatic rings. The Morgan fingerprint density at radius 2 is 1.91 bits per heavy atom. The van der Waals surface area contributed by atoms with E-state index in [4.69, 9.17) is 4.42 Å². The second-order valence-corrected chi connectivity index (χ2v) is 5.76. The Bertz CT molecular complexity index is 830. The molecule has 1 amide bonds. The van der Waals surface area contributed by atoms with Gasteiger partial charge in [-0.2, -0.15) is 5.26 Å². The normalized spacial score (nSPS) is 17.9. The number of rotatable bonds is 2. The van der Waals surface area contributed by atoms with Gasteiger partial charge in [-0.3, -0.25) is 4.79 Å². The Labute approximate surface area is 139 Å². The molecule has 1 aromatic carbocycles. The molecule has 116 valence electrons. The number of hydrogen-bond donors (Lipinski definition) is 2. The predicted molar refractivity (Wildman–Crippen MR) is 89.6 cm³/mol. The first kappa shape index (κ1) is 15.3. The number of nitrogens with zero attached hydrogens (tertiary/aromatic N) is 2. The van der Waals surface area contributed by atoms with Gasteiger partial charge in [-0.15, -0.1) is 12.6 Å². The number of hydrogen-bond acceptors (Lipinski definition) is 5. The summed E-state index contributed by atoms with van der Waals surface area (Å²) >= 11 is 4.42. The zero-order chi connectivity index (χ0) is 16.6. The van der Waals surface area contributed by atoms with Gasteiger partial charge in [0.2, 0.25) is 0 Å². The van der Waals surface area contributed by atoms with Gasteiger partial charge in [0.05, 0.1) is 5.03 Å². The summed E-state index contributed by atoms with van der Waals surface area (Å²) in [6.07, 6.45) is -0.552.